The number of morpholine rings is 1. The first-order valence-electron chi connectivity index (χ1n) is 7.40. The quantitative estimate of drug-likeness (QED) is 0.610. The van der Waals surface area contributed by atoms with Gasteiger partial charge in [0.1, 0.15) is 13.1 Å². The predicted octanol–water partition coefficient (Wildman–Crippen LogP) is 1.89. The van der Waals surface area contributed by atoms with Crippen molar-refractivity contribution >= 4 is 32.9 Å². The minimum absolute atomic E-state index is 0.0732. The summed E-state index contributed by atoms with van der Waals surface area (Å²) < 4.78 is 30.3. The minimum atomic E-state index is -3.66. The maximum Gasteiger partial charge on any atom is 0.257 e. The third-order valence-corrected chi connectivity index (χ3v) is 6.02. The number of hydrogen-bond donors (Lipinski definition) is 1. The van der Waals surface area contributed by atoms with Crippen LogP contribution in [0.1, 0.15) is 0 Å². The Labute approximate surface area is 144 Å². The van der Waals surface area contributed by atoms with E-state index in [0.717, 1.165) is 6.26 Å². The molecular weight excluding hydrogens is 354 g/mol. The molecule has 3 aliphatic heterocycles. The van der Waals surface area contributed by atoms with Crippen LogP contribution < -0.4 is 4.48 Å². The highest BCUT2D eigenvalue weighted by Crippen LogP contribution is 2.47. The van der Waals surface area contributed by atoms with Crippen LogP contribution in [0.3, 0.4) is 0 Å². The molecule has 5 rings (SSSR count). The molecule has 1 fully saturated rings. The van der Waals surface area contributed by atoms with Crippen molar-refractivity contribution in [1.82, 2.24) is 14.5 Å². The number of phenols is 1. The summed E-state index contributed by atoms with van der Waals surface area (Å²) in [6.07, 6.45) is 1.09. The SMILES string of the molecule is CS(=O)(=O)c1c(Cl)nc2nc1[N+]1(CCOCC1)c1ccc-2cc1O. The van der Waals surface area contributed by atoms with E-state index in [1.54, 1.807) is 18.2 Å². The summed E-state index contributed by atoms with van der Waals surface area (Å²) in [5.41, 5.74) is 1.18. The lowest BCUT2D eigenvalue weighted by Gasteiger charge is -2.40. The van der Waals surface area contributed by atoms with E-state index in [-0.39, 0.29) is 20.3 Å². The number of aromatic hydroxyl groups is 1. The summed E-state index contributed by atoms with van der Waals surface area (Å²) in [6.45, 7) is 1.73. The van der Waals surface area contributed by atoms with Crippen LogP contribution in [0.2, 0.25) is 5.15 Å². The Kier molecular flexibility index (Phi) is 3.37. The first-order chi connectivity index (χ1) is 11.3. The van der Waals surface area contributed by atoms with Crippen LogP contribution in [0.4, 0.5) is 11.5 Å². The second-order valence-corrected chi connectivity index (χ2v) is 8.30. The van der Waals surface area contributed by atoms with Crippen molar-refractivity contribution in [2.45, 2.75) is 4.90 Å². The number of benzene rings is 1. The van der Waals surface area contributed by atoms with Gasteiger partial charge in [0.15, 0.2) is 37.1 Å². The summed E-state index contributed by atoms with van der Waals surface area (Å²) in [4.78, 5) is 8.59. The molecule has 1 spiro atoms. The Balaban J connectivity index is 2.17. The van der Waals surface area contributed by atoms with Crippen molar-refractivity contribution in [2.75, 3.05) is 32.6 Å². The topological polar surface area (TPSA) is 89.4 Å². The largest absolute Gasteiger partial charge is 0.503 e. The summed E-state index contributed by atoms with van der Waals surface area (Å²) in [6, 6.07) is 5.18. The van der Waals surface area contributed by atoms with Crippen LogP contribution in [0, 0.1) is 0 Å². The number of fused-ring (bicyclic) bond motifs is 2. The van der Waals surface area contributed by atoms with Gasteiger partial charge in [-0.25, -0.2) is 17.9 Å². The zero-order valence-electron chi connectivity index (χ0n) is 12.9. The fraction of sp³-hybridized carbons (Fsp3) is 0.333. The molecule has 24 heavy (non-hydrogen) atoms. The van der Waals surface area contributed by atoms with E-state index in [1.807, 2.05) is 0 Å². The zero-order chi connectivity index (χ0) is 17.1. The van der Waals surface area contributed by atoms with Crippen LogP contribution >= 0.6 is 11.6 Å². The first kappa shape index (κ1) is 15.8. The van der Waals surface area contributed by atoms with Gasteiger partial charge in [-0.2, -0.15) is 4.98 Å². The van der Waals surface area contributed by atoms with Crippen molar-refractivity contribution in [3.8, 4) is 17.1 Å². The zero-order valence-corrected chi connectivity index (χ0v) is 14.4. The fourth-order valence-corrected chi connectivity index (χ4v) is 4.88. The Bertz CT molecular complexity index is 955. The van der Waals surface area contributed by atoms with Crippen molar-refractivity contribution in [1.29, 1.82) is 0 Å². The molecule has 9 heteroatoms. The molecule has 1 N–H and O–H groups in total. The van der Waals surface area contributed by atoms with Crippen LogP contribution in [-0.4, -0.2) is 56.1 Å². The molecule has 4 bridgehead atoms. The van der Waals surface area contributed by atoms with E-state index in [0.29, 0.717) is 49.2 Å². The molecule has 0 amide bonds. The van der Waals surface area contributed by atoms with Gasteiger partial charge < -0.3 is 9.84 Å². The molecule has 7 nitrogen and oxygen atoms in total. The van der Waals surface area contributed by atoms with Gasteiger partial charge in [-0.3, -0.25) is 0 Å². The lowest BCUT2D eigenvalue weighted by molar-refractivity contribution is 0.0612. The third-order valence-electron chi connectivity index (χ3n) is 4.51. The summed E-state index contributed by atoms with van der Waals surface area (Å²) in [7, 11) is -3.66. The summed E-state index contributed by atoms with van der Waals surface area (Å²) in [5.74, 6) is 0.681. The Hall–Kier alpha value is -1.74. The normalized spacial score (nSPS) is 18.4. The van der Waals surface area contributed by atoms with E-state index in [1.165, 1.54) is 0 Å². The molecule has 0 atom stereocenters. The number of sulfone groups is 1. The smallest absolute Gasteiger partial charge is 0.257 e. The molecule has 2 aromatic rings. The van der Waals surface area contributed by atoms with Gasteiger partial charge in [0.2, 0.25) is 0 Å². The van der Waals surface area contributed by atoms with E-state index in [2.05, 4.69) is 9.97 Å². The maximum absolute atomic E-state index is 12.4. The van der Waals surface area contributed by atoms with Gasteiger partial charge in [-0.05, 0) is 12.1 Å². The molecule has 3 aliphatic rings. The molecule has 0 aliphatic carbocycles. The highest BCUT2D eigenvalue weighted by Gasteiger charge is 2.45. The van der Waals surface area contributed by atoms with E-state index < -0.39 is 9.84 Å². The van der Waals surface area contributed by atoms with E-state index >= 15 is 0 Å². The Morgan fingerprint density at radius 3 is 2.58 bits per heavy atom. The van der Waals surface area contributed by atoms with Crippen molar-refractivity contribution in [2.24, 2.45) is 0 Å². The number of rotatable bonds is 1. The average molecular weight is 369 g/mol. The number of ether oxygens (including phenoxy) is 1. The molecule has 0 radical (unpaired) electrons. The molecule has 1 aromatic heterocycles. The van der Waals surface area contributed by atoms with Crippen molar-refractivity contribution in [3.05, 3.63) is 23.4 Å². The van der Waals surface area contributed by atoms with Crippen molar-refractivity contribution < 1.29 is 18.3 Å². The van der Waals surface area contributed by atoms with Crippen molar-refractivity contribution in [3.63, 3.8) is 0 Å². The standard InChI is InChI=1S/C15H14ClN3O4S/c1-24(21,22)12-13(16)17-14-9-2-3-10(11(20)8-9)19(15(12)18-14)4-6-23-7-5-19/h2-3,8H,4-7H2,1H3/p+1. The first-order valence-corrected chi connectivity index (χ1v) is 9.67. The lowest BCUT2D eigenvalue weighted by Crippen LogP contribution is -2.53. The molecule has 0 unspecified atom stereocenters. The Morgan fingerprint density at radius 2 is 1.96 bits per heavy atom. The van der Waals surface area contributed by atoms with Gasteiger partial charge in [0.25, 0.3) is 5.82 Å². The Morgan fingerprint density at radius 1 is 1.25 bits per heavy atom. The number of hydrogen-bond acceptors (Lipinski definition) is 6. The lowest BCUT2D eigenvalue weighted by atomic mass is 10.1. The van der Waals surface area contributed by atoms with Crippen LogP contribution in [0.15, 0.2) is 23.1 Å². The number of aromatic nitrogens is 2. The van der Waals surface area contributed by atoms with Gasteiger partial charge >= 0.3 is 0 Å². The summed E-state index contributed by atoms with van der Waals surface area (Å²) >= 11 is 6.23. The molecule has 1 saturated heterocycles. The van der Waals surface area contributed by atoms with E-state index in [4.69, 9.17) is 16.3 Å². The fourth-order valence-electron chi connectivity index (χ4n) is 3.40. The predicted molar refractivity (Wildman–Crippen MR) is 89.3 cm³/mol. The van der Waals surface area contributed by atoms with Crippen LogP contribution in [0.25, 0.3) is 11.4 Å². The molecule has 1 aromatic carbocycles. The number of phenolic OH excluding ortho intramolecular Hbond substituents is 1. The highest BCUT2D eigenvalue weighted by atomic mass is 35.5. The maximum atomic E-state index is 12.4. The van der Waals surface area contributed by atoms with Gasteiger partial charge in [0.05, 0.1) is 13.2 Å². The van der Waals surface area contributed by atoms with E-state index in [9.17, 15) is 13.5 Å². The van der Waals surface area contributed by atoms with Crippen LogP contribution in [-0.2, 0) is 14.6 Å². The monoisotopic (exact) mass is 368 g/mol. The average Bonchev–Trinajstić information content (AvgIpc) is 2.52. The van der Waals surface area contributed by atoms with Gasteiger partial charge in [-0.1, -0.05) is 11.6 Å². The molecule has 4 heterocycles. The number of nitrogens with zero attached hydrogens (tertiary/aromatic N) is 3. The molecule has 126 valence electrons. The van der Waals surface area contributed by atoms with Gasteiger partial charge in [-0.15, -0.1) is 0 Å². The highest BCUT2D eigenvalue weighted by molar-refractivity contribution is 7.91. The number of quaternary nitrogens is 1. The van der Waals surface area contributed by atoms with Crippen LogP contribution in [0.5, 0.6) is 5.75 Å². The summed E-state index contributed by atoms with van der Waals surface area (Å²) in [5, 5.41) is 10.4. The third kappa shape index (κ3) is 2.14. The second-order valence-electron chi connectivity index (χ2n) is 5.99. The molecule has 0 saturated carbocycles. The molecular formula is C15H15ClN3O4S+. The number of halogens is 1. The second kappa shape index (κ2) is 5.13. The van der Waals surface area contributed by atoms with Gasteiger partial charge in [0, 0.05) is 17.9 Å². The minimum Gasteiger partial charge on any atom is -0.503 e.